The van der Waals surface area contributed by atoms with E-state index in [1.165, 1.54) is 0 Å². The highest BCUT2D eigenvalue weighted by Crippen LogP contribution is 2.22. The van der Waals surface area contributed by atoms with Crippen molar-refractivity contribution in [3.05, 3.63) is 70.8 Å². The number of benzene rings is 2. The fourth-order valence-corrected chi connectivity index (χ4v) is 2.45. The van der Waals surface area contributed by atoms with Gasteiger partial charge in [-0.25, -0.2) is 0 Å². The van der Waals surface area contributed by atoms with E-state index in [9.17, 15) is 9.59 Å². The van der Waals surface area contributed by atoms with Crippen LogP contribution in [0.25, 0.3) is 0 Å². The van der Waals surface area contributed by atoms with Crippen molar-refractivity contribution in [3.8, 4) is 0 Å². The normalized spacial score (nSPS) is 11.8. The lowest BCUT2D eigenvalue weighted by molar-refractivity contribution is -0.147. The maximum absolute atomic E-state index is 12.7. The Hall–Kier alpha value is -2.42. The minimum absolute atomic E-state index is 0.142. The summed E-state index contributed by atoms with van der Waals surface area (Å²) in [6.45, 7) is 5.98. The fourth-order valence-electron chi connectivity index (χ4n) is 2.45. The number of rotatable bonds is 6. The van der Waals surface area contributed by atoms with Crippen molar-refractivity contribution in [2.75, 3.05) is 6.61 Å². The highest BCUT2D eigenvalue weighted by Gasteiger charge is 2.29. The van der Waals surface area contributed by atoms with E-state index in [4.69, 9.17) is 4.74 Å². The van der Waals surface area contributed by atoms with E-state index in [1.807, 2.05) is 62.4 Å². The third-order valence-electron chi connectivity index (χ3n) is 3.75. The summed E-state index contributed by atoms with van der Waals surface area (Å²) in [5, 5.41) is 0. The van der Waals surface area contributed by atoms with Crippen LogP contribution in [0, 0.1) is 13.8 Å². The van der Waals surface area contributed by atoms with Crippen molar-refractivity contribution in [1.29, 1.82) is 0 Å². The molecule has 0 aliphatic heterocycles. The lowest BCUT2D eigenvalue weighted by Gasteiger charge is -2.15. The Balaban J connectivity index is 2.25. The number of carbonyl (C=O) groups excluding carboxylic acids is 2. The first-order valence-electron chi connectivity index (χ1n) is 7.82. The number of aryl methyl sites for hydroxylation is 2. The van der Waals surface area contributed by atoms with Crippen molar-refractivity contribution >= 4 is 11.8 Å². The van der Waals surface area contributed by atoms with E-state index < -0.39 is 11.9 Å². The molecule has 2 rings (SSSR count). The predicted octanol–water partition coefficient (Wildman–Crippen LogP) is 3.76. The molecule has 23 heavy (non-hydrogen) atoms. The minimum Gasteiger partial charge on any atom is -0.465 e. The number of ketones is 1. The first kappa shape index (κ1) is 16.9. The Labute approximate surface area is 137 Å². The number of Topliss-reactive ketones (excluding diaryl/α,β-unsaturated/α-hetero) is 1. The second-order valence-electron chi connectivity index (χ2n) is 5.72. The predicted molar refractivity (Wildman–Crippen MR) is 90.4 cm³/mol. The Bertz CT molecular complexity index is 669. The molecular weight excluding hydrogens is 288 g/mol. The van der Waals surface area contributed by atoms with Crippen LogP contribution in [0.5, 0.6) is 0 Å². The van der Waals surface area contributed by atoms with Gasteiger partial charge in [-0.05, 0) is 31.9 Å². The summed E-state index contributed by atoms with van der Waals surface area (Å²) in [4.78, 5) is 25.0. The van der Waals surface area contributed by atoms with Gasteiger partial charge in [0.2, 0.25) is 0 Å². The average molecular weight is 310 g/mol. The maximum atomic E-state index is 12.7. The molecule has 120 valence electrons. The van der Waals surface area contributed by atoms with Crippen LogP contribution in [-0.4, -0.2) is 18.4 Å². The first-order chi connectivity index (χ1) is 11.0. The molecule has 0 saturated heterocycles. The highest BCUT2D eigenvalue weighted by atomic mass is 16.5. The van der Waals surface area contributed by atoms with E-state index in [0.29, 0.717) is 5.56 Å². The number of hydrogen-bond acceptors (Lipinski definition) is 3. The van der Waals surface area contributed by atoms with Gasteiger partial charge >= 0.3 is 5.97 Å². The van der Waals surface area contributed by atoms with Gasteiger partial charge in [0.15, 0.2) is 5.78 Å². The van der Waals surface area contributed by atoms with Gasteiger partial charge < -0.3 is 4.74 Å². The Morgan fingerprint density at radius 2 is 1.43 bits per heavy atom. The number of hydrogen-bond donors (Lipinski definition) is 0. The molecule has 0 radical (unpaired) electrons. The molecule has 3 nitrogen and oxygen atoms in total. The van der Waals surface area contributed by atoms with Crippen molar-refractivity contribution in [2.45, 2.75) is 33.1 Å². The molecule has 0 aromatic heterocycles. The SMILES string of the molecule is CCOC(=O)C(C(=O)Cc1ccc(C)cc1)c1ccc(C)cc1. The molecule has 0 aliphatic carbocycles. The zero-order chi connectivity index (χ0) is 16.8. The van der Waals surface area contributed by atoms with Gasteiger partial charge in [-0.3, -0.25) is 9.59 Å². The van der Waals surface area contributed by atoms with E-state index >= 15 is 0 Å². The number of ether oxygens (including phenoxy) is 1. The topological polar surface area (TPSA) is 43.4 Å². The van der Waals surface area contributed by atoms with E-state index in [0.717, 1.165) is 16.7 Å². The van der Waals surface area contributed by atoms with Crippen molar-refractivity contribution in [2.24, 2.45) is 0 Å². The molecule has 0 saturated carbocycles. The van der Waals surface area contributed by atoms with Crippen LogP contribution >= 0.6 is 0 Å². The third kappa shape index (κ3) is 4.52. The Kier molecular flexibility index (Phi) is 5.69. The quantitative estimate of drug-likeness (QED) is 0.602. The van der Waals surface area contributed by atoms with Crippen LogP contribution in [0.2, 0.25) is 0 Å². The molecule has 0 spiro atoms. The Morgan fingerprint density at radius 3 is 1.96 bits per heavy atom. The molecule has 0 heterocycles. The van der Waals surface area contributed by atoms with Crippen molar-refractivity contribution in [1.82, 2.24) is 0 Å². The summed E-state index contributed by atoms with van der Waals surface area (Å²) < 4.78 is 5.11. The molecule has 0 N–H and O–H groups in total. The number of esters is 1. The summed E-state index contributed by atoms with van der Waals surface area (Å²) in [7, 11) is 0. The van der Waals surface area contributed by atoms with Crippen LogP contribution in [0.4, 0.5) is 0 Å². The standard InChI is InChI=1S/C20H22O3/c1-4-23-20(22)19(17-11-7-15(3)8-12-17)18(21)13-16-9-5-14(2)6-10-16/h5-12,19H,4,13H2,1-3H3. The molecule has 0 bridgehead atoms. The second-order valence-corrected chi connectivity index (χ2v) is 5.72. The largest absolute Gasteiger partial charge is 0.465 e. The van der Waals surface area contributed by atoms with E-state index in [1.54, 1.807) is 6.92 Å². The van der Waals surface area contributed by atoms with Crippen molar-refractivity contribution in [3.63, 3.8) is 0 Å². The molecule has 0 fully saturated rings. The van der Waals surface area contributed by atoms with Crippen LogP contribution in [0.3, 0.4) is 0 Å². The van der Waals surface area contributed by atoms with Gasteiger partial charge in [0.1, 0.15) is 5.92 Å². The summed E-state index contributed by atoms with van der Waals surface area (Å²) in [6, 6.07) is 15.2. The van der Waals surface area contributed by atoms with E-state index in [-0.39, 0.29) is 18.8 Å². The monoisotopic (exact) mass is 310 g/mol. The lowest BCUT2D eigenvalue weighted by Crippen LogP contribution is -2.25. The zero-order valence-corrected chi connectivity index (χ0v) is 13.8. The van der Waals surface area contributed by atoms with Gasteiger partial charge in [0.25, 0.3) is 0 Å². The zero-order valence-electron chi connectivity index (χ0n) is 13.8. The first-order valence-corrected chi connectivity index (χ1v) is 7.82. The lowest BCUT2D eigenvalue weighted by atomic mass is 9.90. The highest BCUT2D eigenvalue weighted by molar-refractivity contribution is 6.05. The molecule has 3 heteroatoms. The van der Waals surface area contributed by atoms with Crippen LogP contribution in [-0.2, 0) is 20.7 Å². The van der Waals surface area contributed by atoms with Gasteiger partial charge in [0, 0.05) is 6.42 Å². The van der Waals surface area contributed by atoms with Crippen LogP contribution < -0.4 is 0 Å². The van der Waals surface area contributed by atoms with Gasteiger partial charge in [0.05, 0.1) is 6.61 Å². The Morgan fingerprint density at radius 1 is 0.913 bits per heavy atom. The summed E-state index contributed by atoms with van der Waals surface area (Å²) in [5.41, 5.74) is 3.82. The third-order valence-corrected chi connectivity index (χ3v) is 3.75. The van der Waals surface area contributed by atoms with Gasteiger partial charge in [-0.1, -0.05) is 59.7 Å². The van der Waals surface area contributed by atoms with Gasteiger partial charge in [-0.15, -0.1) is 0 Å². The minimum atomic E-state index is -0.864. The molecular formula is C20H22O3. The van der Waals surface area contributed by atoms with Crippen LogP contribution in [0.15, 0.2) is 48.5 Å². The fraction of sp³-hybridized carbons (Fsp3) is 0.300. The van der Waals surface area contributed by atoms with Crippen LogP contribution in [0.1, 0.15) is 35.1 Å². The molecule has 1 atom stereocenters. The average Bonchev–Trinajstić information content (AvgIpc) is 2.52. The van der Waals surface area contributed by atoms with Crippen molar-refractivity contribution < 1.29 is 14.3 Å². The van der Waals surface area contributed by atoms with E-state index in [2.05, 4.69) is 0 Å². The smallest absolute Gasteiger partial charge is 0.321 e. The molecule has 2 aromatic carbocycles. The summed E-state index contributed by atoms with van der Waals surface area (Å²) in [5.74, 6) is -1.48. The molecule has 2 aromatic rings. The molecule has 0 aliphatic rings. The number of carbonyl (C=O) groups is 2. The molecule has 1 unspecified atom stereocenters. The summed E-state index contributed by atoms with van der Waals surface area (Å²) in [6.07, 6.45) is 0.220. The maximum Gasteiger partial charge on any atom is 0.321 e. The van der Waals surface area contributed by atoms with Gasteiger partial charge in [-0.2, -0.15) is 0 Å². The molecule has 0 amide bonds. The second kappa shape index (κ2) is 7.73. The summed E-state index contributed by atoms with van der Waals surface area (Å²) >= 11 is 0.